The molecule has 7 nitrogen and oxygen atoms in total. The molecule has 4 rings (SSSR count). The highest BCUT2D eigenvalue weighted by atomic mass is 32.2. The molecule has 0 amide bonds. The number of nitrogens with zero attached hydrogens (tertiary/aromatic N) is 3. The summed E-state index contributed by atoms with van der Waals surface area (Å²) in [6.07, 6.45) is 7.11. The van der Waals surface area contributed by atoms with Crippen LogP contribution < -0.4 is 5.32 Å². The van der Waals surface area contributed by atoms with Crippen molar-refractivity contribution in [3.8, 4) is 10.6 Å². The van der Waals surface area contributed by atoms with Crippen LogP contribution in [0, 0.1) is 12.8 Å². The van der Waals surface area contributed by atoms with Gasteiger partial charge >= 0.3 is 0 Å². The fourth-order valence-corrected chi connectivity index (χ4v) is 6.32. The molecule has 0 radical (unpaired) electrons. The van der Waals surface area contributed by atoms with Gasteiger partial charge in [-0.15, -0.1) is 10.2 Å². The molecule has 2 N–H and O–H groups in total. The number of nitrogens with one attached hydrogen (secondary N) is 2. The zero-order chi connectivity index (χ0) is 19.7. The smallest absolute Gasteiger partial charge is 0.151 e. The van der Waals surface area contributed by atoms with Crippen LogP contribution in [0.4, 0.5) is 5.69 Å². The number of aromatic amines is 1. The summed E-state index contributed by atoms with van der Waals surface area (Å²) in [5.41, 5.74) is 2.77. The summed E-state index contributed by atoms with van der Waals surface area (Å²) in [5, 5.41) is 14.8. The first-order chi connectivity index (χ1) is 13.4. The molecule has 1 fully saturated rings. The maximum atomic E-state index is 12.2. The summed E-state index contributed by atoms with van der Waals surface area (Å²) in [4.78, 5) is 7.64. The first-order valence-corrected chi connectivity index (χ1v) is 12.3. The first-order valence-electron chi connectivity index (χ1n) is 9.68. The van der Waals surface area contributed by atoms with Crippen molar-refractivity contribution in [2.45, 2.75) is 45.6 Å². The van der Waals surface area contributed by atoms with Gasteiger partial charge in [0.15, 0.2) is 14.8 Å². The van der Waals surface area contributed by atoms with Crippen molar-refractivity contribution in [2.24, 2.45) is 5.92 Å². The average molecular weight is 420 g/mol. The van der Waals surface area contributed by atoms with Crippen LogP contribution in [0.5, 0.6) is 0 Å². The van der Waals surface area contributed by atoms with E-state index in [0.29, 0.717) is 11.5 Å². The third kappa shape index (κ3) is 4.05. The highest BCUT2D eigenvalue weighted by Gasteiger charge is 2.33. The molecule has 0 saturated heterocycles. The zero-order valence-electron chi connectivity index (χ0n) is 16.1. The van der Waals surface area contributed by atoms with Crippen LogP contribution in [0.1, 0.15) is 37.6 Å². The van der Waals surface area contributed by atoms with E-state index in [1.54, 1.807) is 11.3 Å². The summed E-state index contributed by atoms with van der Waals surface area (Å²) in [6.45, 7) is 3.96. The molecule has 0 unspecified atom stereocenters. The van der Waals surface area contributed by atoms with E-state index in [1.807, 2.05) is 32.3 Å². The number of pyridine rings is 1. The first kappa shape index (κ1) is 19.3. The van der Waals surface area contributed by atoms with Crippen LogP contribution >= 0.6 is 11.3 Å². The average Bonchev–Trinajstić information content (AvgIpc) is 3.27. The second-order valence-electron chi connectivity index (χ2n) is 7.56. The number of H-pyrrole nitrogens is 1. The summed E-state index contributed by atoms with van der Waals surface area (Å²) in [6, 6.07) is 2.27. The number of hydrogen-bond acceptors (Lipinski definition) is 7. The lowest BCUT2D eigenvalue weighted by Crippen LogP contribution is -2.39. The maximum Gasteiger partial charge on any atom is 0.151 e. The van der Waals surface area contributed by atoms with Crippen molar-refractivity contribution in [3.63, 3.8) is 0 Å². The summed E-state index contributed by atoms with van der Waals surface area (Å²) < 4.78 is 24.4. The van der Waals surface area contributed by atoms with Crippen molar-refractivity contribution in [1.82, 2.24) is 20.2 Å². The SMILES string of the molecule is CCCCS(=O)(=O)CC1CC(Nc2c(-c3nnc(C)s3)cnc3[nH]ccc23)C1. The number of aryl methyl sites for hydroxylation is 1. The Morgan fingerprint density at radius 2 is 2.14 bits per heavy atom. The van der Waals surface area contributed by atoms with Gasteiger partial charge in [-0.05, 0) is 38.2 Å². The van der Waals surface area contributed by atoms with Crippen LogP contribution in [-0.4, -0.2) is 46.1 Å². The number of anilines is 1. The molecule has 3 aromatic rings. The molecule has 28 heavy (non-hydrogen) atoms. The molecule has 3 heterocycles. The Labute approximate surface area is 168 Å². The molecule has 0 spiro atoms. The monoisotopic (exact) mass is 419 g/mol. The van der Waals surface area contributed by atoms with Gasteiger partial charge in [0.2, 0.25) is 0 Å². The minimum Gasteiger partial charge on any atom is -0.381 e. The molecule has 1 saturated carbocycles. The number of rotatable bonds is 8. The van der Waals surface area contributed by atoms with E-state index in [9.17, 15) is 8.42 Å². The Hall–Kier alpha value is -2.00. The fraction of sp³-hybridized carbons (Fsp3) is 0.526. The topological polar surface area (TPSA) is 101 Å². The molecule has 3 aromatic heterocycles. The van der Waals surface area contributed by atoms with Gasteiger partial charge in [0.1, 0.15) is 10.7 Å². The van der Waals surface area contributed by atoms with Crippen molar-refractivity contribution < 1.29 is 8.42 Å². The minimum absolute atomic E-state index is 0.245. The van der Waals surface area contributed by atoms with Gasteiger partial charge in [-0.25, -0.2) is 13.4 Å². The Morgan fingerprint density at radius 1 is 1.32 bits per heavy atom. The van der Waals surface area contributed by atoms with Gasteiger partial charge in [0.05, 0.1) is 22.8 Å². The number of aromatic nitrogens is 4. The molecule has 0 bridgehead atoms. The number of fused-ring (bicyclic) bond motifs is 1. The van der Waals surface area contributed by atoms with Crippen LogP contribution in [0.2, 0.25) is 0 Å². The molecule has 0 aliphatic heterocycles. The summed E-state index contributed by atoms with van der Waals surface area (Å²) >= 11 is 1.54. The molecule has 1 aliphatic rings. The van der Waals surface area contributed by atoms with E-state index < -0.39 is 9.84 Å². The Morgan fingerprint density at radius 3 is 2.86 bits per heavy atom. The minimum atomic E-state index is -2.93. The number of sulfone groups is 1. The molecule has 150 valence electrons. The Balaban J connectivity index is 1.49. The van der Waals surface area contributed by atoms with E-state index in [2.05, 4.69) is 25.5 Å². The zero-order valence-corrected chi connectivity index (χ0v) is 17.7. The van der Waals surface area contributed by atoms with Crippen molar-refractivity contribution >= 4 is 37.9 Å². The van der Waals surface area contributed by atoms with Gasteiger partial charge in [-0.2, -0.15) is 0 Å². The number of unbranched alkanes of at least 4 members (excludes halogenated alkanes) is 1. The van der Waals surface area contributed by atoms with Crippen LogP contribution in [-0.2, 0) is 9.84 Å². The fourth-order valence-electron chi connectivity index (χ4n) is 3.73. The lowest BCUT2D eigenvalue weighted by atomic mass is 9.81. The predicted molar refractivity (Wildman–Crippen MR) is 113 cm³/mol. The molecule has 0 atom stereocenters. The molecular formula is C19H25N5O2S2. The quantitative estimate of drug-likeness (QED) is 0.576. The van der Waals surface area contributed by atoms with Gasteiger partial charge in [-0.3, -0.25) is 0 Å². The molecule has 1 aliphatic carbocycles. The third-order valence-electron chi connectivity index (χ3n) is 5.23. The predicted octanol–water partition coefficient (Wildman–Crippen LogP) is 3.80. The lowest BCUT2D eigenvalue weighted by molar-refractivity contribution is 0.311. The molecule has 9 heteroatoms. The van der Waals surface area contributed by atoms with Crippen molar-refractivity contribution in [1.29, 1.82) is 0 Å². The van der Waals surface area contributed by atoms with E-state index in [-0.39, 0.29) is 12.0 Å². The highest BCUT2D eigenvalue weighted by molar-refractivity contribution is 7.91. The van der Waals surface area contributed by atoms with E-state index in [0.717, 1.165) is 58.0 Å². The Kier molecular flexibility index (Phi) is 5.37. The lowest BCUT2D eigenvalue weighted by Gasteiger charge is -2.36. The second kappa shape index (κ2) is 7.79. The Bertz CT molecular complexity index is 1070. The van der Waals surface area contributed by atoms with Gasteiger partial charge in [0, 0.05) is 23.8 Å². The van der Waals surface area contributed by atoms with Crippen molar-refractivity contribution in [3.05, 3.63) is 23.5 Å². The number of hydrogen-bond donors (Lipinski definition) is 2. The normalized spacial score (nSPS) is 19.6. The van der Waals surface area contributed by atoms with Gasteiger partial charge in [-0.1, -0.05) is 24.7 Å². The molecule has 0 aromatic carbocycles. The van der Waals surface area contributed by atoms with Gasteiger partial charge < -0.3 is 10.3 Å². The summed E-state index contributed by atoms with van der Waals surface area (Å²) in [7, 11) is -2.93. The van der Waals surface area contributed by atoms with E-state index in [4.69, 9.17) is 0 Å². The van der Waals surface area contributed by atoms with E-state index in [1.165, 1.54) is 0 Å². The molecular weight excluding hydrogens is 394 g/mol. The van der Waals surface area contributed by atoms with Crippen LogP contribution in [0.25, 0.3) is 21.6 Å². The standard InChI is InChI=1S/C19H25N5O2S2/c1-3-4-7-28(25,26)11-13-8-14(9-13)22-17-15-5-6-20-18(15)21-10-16(17)19-24-23-12(2)27-19/h5-6,10,13-14H,3-4,7-9,11H2,1-2H3,(H2,20,21,22). The highest BCUT2D eigenvalue weighted by Crippen LogP contribution is 2.39. The van der Waals surface area contributed by atoms with E-state index >= 15 is 0 Å². The maximum absolute atomic E-state index is 12.2. The largest absolute Gasteiger partial charge is 0.381 e. The van der Waals surface area contributed by atoms with Crippen LogP contribution in [0.3, 0.4) is 0 Å². The van der Waals surface area contributed by atoms with Crippen molar-refractivity contribution in [2.75, 3.05) is 16.8 Å². The van der Waals surface area contributed by atoms with Crippen LogP contribution in [0.15, 0.2) is 18.5 Å². The third-order valence-corrected chi connectivity index (χ3v) is 7.99. The summed E-state index contributed by atoms with van der Waals surface area (Å²) in [5.74, 6) is 0.867. The van der Waals surface area contributed by atoms with Gasteiger partial charge in [0.25, 0.3) is 0 Å². The second-order valence-corrected chi connectivity index (χ2v) is 11.0.